The van der Waals surface area contributed by atoms with Crippen molar-refractivity contribution in [3.63, 3.8) is 0 Å². The summed E-state index contributed by atoms with van der Waals surface area (Å²) in [5, 5.41) is 0. The van der Waals surface area contributed by atoms with Crippen molar-refractivity contribution in [1.82, 2.24) is 0 Å². The Labute approximate surface area is 119 Å². The van der Waals surface area contributed by atoms with Crippen molar-refractivity contribution in [2.75, 3.05) is 6.61 Å². The minimum absolute atomic E-state index is 0.0652. The van der Waals surface area contributed by atoms with Crippen LogP contribution in [-0.2, 0) is 16.1 Å². The molecule has 1 unspecified atom stereocenters. The summed E-state index contributed by atoms with van der Waals surface area (Å²) in [6.45, 7) is 1.36. The van der Waals surface area contributed by atoms with Crippen LogP contribution in [0.25, 0.3) is 6.08 Å². The van der Waals surface area contributed by atoms with Crippen LogP contribution >= 0.6 is 0 Å². The Balaban J connectivity index is 1.65. The Hall–Kier alpha value is -2.06. The van der Waals surface area contributed by atoms with Crippen LogP contribution in [-0.4, -0.2) is 12.7 Å². The summed E-state index contributed by atoms with van der Waals surface area (Å²) in [4.78, 5) is 0. The molecule has 0 saturated carbocycles. The molecule has 0 bridgehead atoms. The van der Waals surface area contributed by atoms with Gasteiger partial charge in [0, 0.05) is 6.42 Å². The minimum atomic E-state index is 0.0652. The zero-order valence-electron chi connectivity index (χ0n) is 11.4. The summed E-state index contributed by atoms with van der Waals surface area (Å²) >= 11 is 0. The van der Waals surface area contributed by atoms with Gasteiger partial charge in [-0.3, -0.25) is 0 Å². The van der Waals surface area contributed by atoms with Gasteiger partial charge in [-0.1, -0.05) is 60.7 Å². The van der Waals surface area contributed by atoms with Gasteiger partial charge in [0.1, 0.15) is 11.9 Å². The average Bonchev–Trinajstić information content (AvgIpc) is 2.94. The van der Waals surface area contributed by atoms with Crippen LogP contribution in [0.2, 0.25) is 0 Å². The maximum Gasteiger partial charge on any atom is 0.125 e. The lowest BCUT2D eigenvalue weighted by Crippen LogP contribution is -2.10. The maximum atomic E-state index is 5.98. The van der Waals surface area contributed by atoms with Crippen molar-refractivity contribution in [3.8, 4) is 0 Å². The number of benzene rings is 2. The molecule has 1 saturated heterocycles. The lowest BCUT2D eigenvalue weighted by atomic mass is 10.1. The summed E-state index contributed by atoms with van der Waals surface area (Å²) in [5.41, 5.74) is 2.34. The molecule has 1 heterocycles. The molecule has 1 fully saturated rings. The van der Waals surface area contributed by atoms with Crippen molar-refractivity contribution < 1.29 is 9.47 Å². The van der Waals surface area contributed by atoms with Crippen LogP contribution in [0, 0.1) is 0 Å². The fourth-order valence-corrected chi connectivity index (χ4v) is 2.30. The lowest BCUT2D eigenvalue weighted by molar-refractivity contribution is 0.0626. The third kappa shape index (κ3) is 3.28. The van der Waals surface area contributed by atoms with Gasteiger partial charge in [-0.25, -0.2) is 0 Å². The Morgan fingerprint density at radius 3 is 2.45 bits per heavy atom. The van der Waals surface area contributed by atoms with Crippen LogP contribution in [0.3, 0.4) is 0 Å². The Kier molecular flexibility index (Phi) is 4.14. The average molecular weight is 266 g/mol. The second-order valence-corrected chi connectivity index (χ2v) is 4.88. The second-order valence-electron chi connectivity index (χ2n) is 4.88. The van der Waals surface area contributed by atoms with E-state index in [1.807, 2.05) is 36.4 Å². The van der Waals surface area contributed by atoms with Crippen molar-refractivity contribution in [3.05, 3.63) is 77.5 Å². The van der Waals surface area contributed by atoms with Crippen molar-refractivity contribution in [2.24, 2.45) is 0 Å². The highest BCUT2D eigenvalue weighted by Gasteiger charge is 2.23. The van der Waals surface area contributed by atoms with Gasteiger partial charge < -0.3 is 9.47 Å². The molecule has 0 spiro atoms. The molecule has 2 nitrogen and oxygen atoms in total. The molecule has 20 heavy (non-hydrogen) atoms. The van der Waals surface area contributed by atoms with E-state index in [0.29, 0.717) is 6.61 Å². The molecule has 1 atom stereocenters. The molecule has 2 heteroatoms. The van der Waals surface area contributed by atoms with Gasteiger partial charge in [-0.05, 0) is 17.2 Å². The fraction of sp³-hybridized carbons (Fsp3) is 0.222. The monoisotopic (exact) mass is 266 g/mol. The SMILES string of the molecule is C(=C1/OCCC1OCc1ccccc1)/c1ccccc1. The first-order valence-electron chi connectivity index (χ1n) is 6.97. The van der Waals surface area contributed by atoms with Crippen molar-refractivity contribution >= 4 is 6.08 Å². The van der Waals surface area contributed by atoms with Crippen LogP contribution in [0.15, 0.2) is 66.4 Å². The molecule has 2 aromatic carbocycles. The highest BCUT2D eigenvalue weighted by Crippen LogP contribution is 2.24. The van der Waals surface area contributed by atoms with Gasteiger partial charge in [-0.2, -0.15) is 0 Å². The molecule has 3 rings (SSSR count). The molecule has 0 aromatic heterocycles. The summed E-state index contributed by atoms with van der Waals surface area (Å²) in [7, 11) is 0. The largest absolute Gasteiger partial charge is 0.495 e. The molecular weight excluding hydrogens is 248 g/mol. The summed E-state index contributed by atoms with van der Waals surface area (Å²) < 4.78 is 11.7. The van der Waals surface area contributed by atoms with Crippen molar-refractivity contribution in [1.29, 1.82) is 0 Å². The predicted octanol–water partition coefficient (Wildman–Crippen LogP) is 4.03. The first-order chi connectivity index (χ1) is 9.92. The summed E-state index contributed by atoms with van der Waals surface area (Å²) in [6, 6.07) is 20.5. The van der Waals surface area contributed by atoms with E-state index >= 15 is 0 Å². The highest BCUT2D eigenvalue weighted by atomic mass is 16.5. The number of hydrogen-bond donors (Lipinski definition) is 0. The first kappa shape index (κ1) is 12.9. The number of ether oxygens (including phenoxy) is 2. The van der Waals surface area contributed by atoms with E-state index in [2.05, 4.69) is 30.3 Å². The minimum Gasteiger partial charge on any atom is -0.495 e. The van der Waals surface area contributed by atoms with Crippen LogP contribution in [0.5, 0.6) is 0 Å². The topological polar surface area (TPSA) is 18.5 Å². The smallest absolute Gasteiger partial charge is 0.125 e. The number of hydrogen-bond acceptors (Lipinski definition) is 2. The fourth-order valence-electron chi connectivity index (χ4n) is 2.30. The van der Waals surface area contributed by atoms with Crippen molar-refractivity contribution in [2.45, 2.75) is 19.1 Å². The van der Waals surface area contributed by atoms with E-state index in [0.717, 1.165) is 24.4 Å². The quantitative estimate of drug-likeness (QED) is 0.831. The summed E-state index contributed by atoms with van der Waals surface area (Å²) in [6.07, 6.45) is 3.06. The normalized spacial score (nSPS) is 20.0. The predicted molar refractivity (Wildman–Crippen MR) is 80.0 cm³/mol. The zero-order chi connectivity index (χ0) is 13.6. The highest BCUT2D eigenvalue weighted by molar-refractivity contribution is 5.52. The second kappa shape index (κ2) is 6.40. The van der Waals surface area contributed by atoms with Crippen LogP contribution in [0.4, 0.5) is 0 Å². The third-order valence-electron chi connectivity index (χ3n) is 3.37. The molecule has 0 N–H and O–H groups in total. The first-order valence-corrected chi connectivity index (χ1v) is 6.97. The zero-order valence-corrected chi connectivity index (χ0v) is 11.4. The Morgan fingerprint density at radius 1 is 1.00 bits per heavy atom. The van der Waals surface area contributed by atoms with Gasteiger partial charge in [0.2, 0.25) is 0 Å². The molecule has 0 aliphatic carbocycles. The molecular formula is C18H18O2. The standard InChI is InChI=1S/C18H18O2/c1-3-7-15(8-4-1)13-18-17(11-12-19-18)20-14-16-9-5-2-6-10-16/h1-10,13,17H,11-12,14H2/b18-13-. The van der Waals surface area contributed by atoms with Gasteiger partial charge >= 0.3 is 0 Å². The van der Waals surface area contributed by atoms with Crippen LogP contribution in [0.1, 0.15) is 17.5 Å². The molecule has 1 aliphatic rings. The molecule has 2 aromatic rings. The molecule has 0 amide bonds. The van der Waals surface area contributed by atoms with Gasteiger partial charge in [0.05, 0.1) is 13.2 Å². The molecule has 0 radical (unpaired) electrons. The summed E-state index contributed by atoms with van der Waals surface area (Å²) in [5.74, 6) is 0.937. The van der Waals surface area contributed by atoms with Gasteiger partial charge in [-0.15, -0.1) is 0 Å². The molecule has 102 valence electrons. The van der Waals surface area contributed by atoms with E-state index in [1.54, 1.807) is 0 Å². The third-order valence-corrected chi connectivity index (χ3v) is 3.37. The number of rotatable bonds is 4. The van der Waals surface area contributed by atoms with E-state index in [-0.39, 0.29) is 6.10 Å². The Morgan fingerprint density at radius 2 is 1.70 bits per heavy atom. The Bertz CT molecular complexity index is 560. The van der Waals surface area contributed by atoms with E-state index in [4.69, 9.17) is 9.47 Å². The van der Waals surface area contributed by atoms with Gasteiger partial charge in [0.25, 0.3) is 0 Å². The van der Waals surface area contributed by atoms with Gasteiger partial charge in [0.15, 0.2) is 0 Å². The molecule has 1 aliphatic heterocycles. The maximum absolute atomic E-state index is 5.98. The van der Waals surface area contributed by atoms with E-state index in [1.165, 1.54) is 5.56 Å². The van der Waals surface area contributed by atoms with E-state index in [9.17, 15) is 0 Å². The van der Waals surface area contributed by atoms with E-state index < -0.39 is 0 Å². The van der Waals surface area contributed by atoms with Crippen LogP contribution < -0.4 is 0 Å². The lowest BCUT2D eigenvalue weighted by Gasteiger charge is -2.12.